The molecular weight excluding hydrogens is 515 g/mol. The van der Waals surface area contributed by atoms with Crippen LogP contribution in [0.3, 0.4) is 0 Å². The Kier molecular flexibility index (Phi) is 10.7. The first-order valence-corrected chi connectivity index (χ1v) is 13.1. The molecule has 4 aromatic heterocycles. The summed E-state index contributed by atoms with van der Waals surface area (Å²) < 4.78 is 44.7. The van der Waals surface area contributed by atoms with Gasteiger partial charge in [0.15, 0.2) is 0 Å². The van der Waals surface area contributed by atoms with Gasteiger partial charge in [-0.05, 0) is 81.6 Å². The van der Waals surface area contributed by atoms with Crippen LogP contribution in [-0.4, -0.2) is 32.1 Å². The fourth-order valence-corrected chi connectivity index (χ4v) is 4.26. The SMILES string of the molecule is Cc1cc(-c2ccc(F)c(CF)n2)ccn1.Cc1cc(-c2ccc(OC[C@@](C)(N)CC(C)C)c(CF)n2)ccn1. The van der Waals surface area contributed by atoms with E-state index >= 15 is 0 Å². The van der Waals surface area contributed by atoms with Gasteiger partial charge in [0.1, 0.15) is 42.9 Å². The first-order valence-electron chi connectivity index (χ1n) is 13.1. The van der Waals surface area contributed by atoms with Crippen LogP contribution in [0.1, 0.15) is 50.0 Å². The molecule has 0 bridgehead atoms. The maximum atomic E-state index is 13.4. The molecule has 4 aromatic rings. The van der Waals surface area contributed by atoms with Crippen LogP contribution < -0.4 is 10.5 Å². The summed E-state index contributed by atoms with van der Waals surface area (Å²) in [5.41, 5.74) is 10.6. The van der Waals surface area contributed by atoms with Gasteiger partial charge in [0.2, 0.25) is 0 Å². The Labute approximate surface area is 233 Å². The largest absolute Gasteiger partial charge is 0.490 e. The van der Waals surface area contributed by atoms with Crippen LogP contribution in [-0.2, 0) is 13.3 Å². The molecule has 0 amide bonds. The summed E-state index contributed by atoms with van der Waals surface area (Å²) in [4.78, 5) is 16.5. The highest BCUT2D eigenvalue weighted by atomic mass is 19.1. The van der Waals surface area contributed by atoms with Crippen molar-refractivity contribution in [1.82, 2.24) is 19.9 Å². The standard InChI is InChI=1S/C19H26FN3O.C12H10F2N2/c1-13(2)10-19(4,21)12-24-18-6-5-16(23-17(18)11-20)15-7-8-22-14(3)9-15;1-8-6-9(4-5-15-8)11-3-2-10(14)12(7-13)16-11/h5-9,13H,10-12,21H2,1-4H3;2-6H,7H2,1H3/t19-;/m0./s1. The Morgan fingerprint density at radius 3 is 1.85 bits per heavy atom. The lowest BCUT2D eigenvalue weighted by molar-refractivity contribution is 0.203. The van der Waals surface area contributed by atoms with E-state index in [9.17, 15) is 13.2 Å². The lowest BCUT2D eigenvalue weighted by Crippen LogP contribution is -2.43. The summed E-state index contributed by atoms with van der Waals surface area (Å²) in [7, 11) is 0. The number of alkyl halides is 2. The third-order valence-electron chi connectivity index (χ3n) is 5.92. The van der Waals surface area contributed by atoms with Gasteiger partial charge in [0.25, 0.3) is 0 Å². The van der Waals surface area contributed by atoms with Crippen molar-refractivity contribution in [2.45, 2.75) is 59.9 Å². The van der Waals surface area contributed by atoms with Crippen molar-refractivity contribution in [3.63, 3.8) is 0 Å². The normalized spacial score (nSPS) is 12.4. The molecule has 0 radical (unpaired) electrons. The minimum atomic E-state index is -0.899. The van der Waals surface area contributed by atoms with E-state index in [-0.39, 0.29) is 5.69 Å². The van der Waals surface area contributed by atoms with E-state index in [0.717, 1.165) is 28.9 Å². The van der Waals surface area contributed by atoms with Crippen LogP contribution in [0.25, 0.3) is 22.5 Å². The maximum absolute atomic E-state index is 13.4. The second-order valence-electron chi connectivity index (χ2n) is 10.4. The molecular formula is C31H36F3N5O. The summed E-state index contributed by atoms with van der Waals surface area (Å²) in [5.74, 6) is 0.309. The molecule has 2 N–H and O–H groups in total. The highest BCUT2D eigenvalue weighted by molar-refractivity contribution is 5.60. The molecule has 4 heterocycles. The lowest BCUT2D eigenvalue weighted by atomic mass is 9.93. The molecule has 0 saturated heterocycles. The van der Waals surface area contributed by atoms with Crippen molar-refractivity contribution in [2.75, 3.05) is 6.61 Å². The molecule has 0 aromatic carbocycles. The monoisotopic (exact) mass is 551 g/mol. The number of hydrogen-bond acceptors (Lipinski definition) is 6. The van der Waals surface area contributed by atoms with Crippen LogP contribution in [0.15, 0.2) is 60.9 Å². The molecule has 0 aliphatic rings. The number of nitrogens with two attached hydrogens (primary N) is 1. The predicted octanol–water partition coefficient (Wildman–Crippen LogP) is 7.12. The van der Waals surface area contributed by atoms with E-state index in [0.29, 0.717) is 35.4 Å². The van der Waals surface area contributed by atoms with Crippen molar-refractivity contribution in [3.05, 3.63) is 89.5 Å². The molecule has 0 spiro atoms. The maximum Gasteiger partial charge on any atom is 0.147 e. The summed E-state index contributed by atoms with van der Waals surface area (Å²) in [6, 6.07) is 13.7. The summed E-state index contributed by atoms with van der Waals surface area (Å²) in [6.45, 7) is 8.69. The van der Waals surface area contributed by atoms with Crippen LogP contribution in [0.2, 0.25) is 0 Å². The van der Waals surface area contributed by atoms with Crippen molar-refractivity contribution in [2.24, 2.45) is 11.7 Å². The number of hydrogen-bond donors (Lipinski definition) is 1. The number of aromatic nitrogens is 4. The van der Waals surface area contributed by atoms with Crippen molar-refractivity contribution >= 4 is 0 Å². The van der Waals surface area contributed by atoms with Crippen LogP contribution >= 0.6 is 0 Å². The quantitative estimate of drug-likeness (QED) is 0.238. The van der Waals surface area contributed by atoms with Crippen LogP contribution in [0.4, 0.5) is 13.2 Å². The van der Waals surface area contributed by atoms with Gasteiger partial charge in [-0.2, -0.15) is 0 Å². The Bertz CT molecular complexity index is 1410. The highest BCUT2D eigenvalue weighted by Gasteiger charge is 2.22. The average molecular weight is 552 g/mol. The van der Waals surface area contributed by atoms with Gasteiger partial charge < -0.3 is 10.5 Å². The van der Waals surface area contributed by atoms with Crippen LogP contribution in [0, 0.1) is 25.6 Å². The predicted molar refractivity (Wildman–Crippen MR) is 152 cm³/mol. The number of rotatable bonds is 9. The number of halogens is 3. The zero-order chi connectivity index (χ0) is 29.3. The van der Waals surface area contributed by atoms with Gasteiger partial charge in [-0.3, -0.25) is 9.97 Å². The molecule has 1 atom stereocenters. The van der Waals surface area contributed by atoms with Crippen molar-refractivity contribution in [3.8, 4) is 28.3 Å². The molecule has 0 aliphatic heterocycles. The van der Waals surface area contributed by atoms with Crippen LogP contribution in [0.5, 0.6) is 5.75 Å². The molecule has 0 aliphatic carbocycles. The molecule has 0 unspecified atom stereocenters. The van der Waals surface area contributed by atoms with E-state index in [1.165, 1.54) is 12.1 Å². The van der Waals surface area contributed by atoms with Gasteiger partial charge in [0, 0.05) is 40.4 Å². The lowest BCUT2D eigenvalue weighted by Gasteiger charge is -2.27. The van der Waals surface area contributed by atoms with E-state index in [4.69, 9.17) is 10.5 Å². The summed E-state index contributed by atoms with van der Waals surface area (Å²) >= 11 is 0. The minimum Gasteiger partial charge on any atom is -0.490 e. The summed E-state index contributed by atoms with van der Waals surface area (Å²) in [5, 5.41) is 0. The Hall–Kier alpha value is -3.85. The molecule has 40 heavy (non-hydrogen) atoms. The first kappa shape index (κ1) is 30.7. The number of ether oxygens (including phenoxy) is 1. The van der Waals surface area contributed by atoms with Gasteiger partial charge in [-0.25, -0.2) is 23.1 Å². The third kappa shape index (κ3) is 8.84. The molecule has 9 heteroatoms. The minimum absolute atomic E-state index is 0.160. The first-order chi connectivity index (χ1) is 19.0. The van der Waals surface area contributed by atoms with Crippen molar-refractivity contribution in [1.29, 1.82) is 0 Å². The molecule has 6 nitrogen and oxygen atoms in total. The molecule has 0 fully saturated rings. The Morgan fingerprint density at radius 2 is 1.35 bits per heavy atom. The number of nitrogens with zero attached hydrogens (tertiary/aromatic N) is 4. The topological polar surface area (TPSA) is 86.8 Å². The second-order valence-corrected chi connectivity index (χ2v) is 10.4. The van der Waals surface area contributed by atoms with Crippen molar-refractivity contribution < 1.29 is 17.9 Å². The second kappa shape index (κ2) is 14.0. The molecule has 0 saturated carbocycles. The van der Waals surface area contributed by atoms with Gasteiger partial charge in [-0.15, -0.1) is 0 Å². The highest BCUT2D eigenvalue weighted by Crippen LogP contribution is 2.26. The third-order valence-corrected chi connectivity index (χ3v) is 5.92. The zero-order valence-corrected chi connectivity index (χ0v) is 23.6. The van der Waals surface area contributed by atoms with E-state index in [2.05, 4.69) is 33.8 Å². The Balaban J connectivity index is 0.000000238. The van der Waals surface area contributed by atoms with Gasteiger partial charge in [-0.1, -0.05) is 13.8 Å². The fraction of sp³-hybridized carbons (Fsp3) is 0.355. The average Bonchev–Trinajstić information content (AvgIpc) is 2.92. The van der Waals surface area contributed by atoms with E-state index < -0.39 is 24.7 Å². The number of pyridine rings is 4. The zero-order valence-electron chi connectivity index (χ0n) is 23.6. The number of aryl methyl sites for hydroxylation is 2. The van der Waals surface area contributed by atoms with Gasteiger partial charge >= 0.3 is 0 Å². The summed E-state index contributed by atoms with van der Waals surface area (Å²) in [6.07, 6.45) is 4.20. The van der Waals surface area contributed by atoms with E-state index in [1.807, 2.05) is 45.0 Å². The molecule has 212 valence electrons. The Morgan fingerprint density at radius 1 is 0.825 bits per heavy atom. The molecule has 4 rings (SSSR count). The van der Waals surface area contributed by atoms with Gasteiger partial charge in [0.05, 0.1) is 11.4 Å². The fourth-order valence-electron chi connectivity index (χ4n) is 4.26. The van der Waals surface area contributed by atoms with E-state index in [1.54, 1.807) is 24.5 Å². The smallest absolute Gasteiger partial charge is 0.147 e.